The Kier molecular flexibility index (Phi) is 6.11. The van der Waals surface area contributed by atoms with Gasteiger partial charge in [-0.15, -0.1) is 0 Å². The van der Waals surface area contributed by atoms with Crippen molar-refractivity contribution in [3.63, 3.8) is 0 Å². The second-order valence-corrected chi connectivity index (χ2v) is 9.99. The number of benzene rings is 2. The molecular weight excluding hydrogens is 426 g/mol. The number of likely N-dealkylation sites (tertiary alicyclic amines) is 1. The van der Waals surface area contributed by atoms with Gasteiger partial charge in [-0.3, -0.25) is 4.79 Å². The van der Waals surface area contributed by atoms with E-state index in [-0.39, 0.29) is 5.41 Å². The lowest BCUT2D eigenvalue weighted by Gasteiger charge is -2.40. The van der Waals surface area contributed by atoms with Gasteiger partial charge in [-0.1, -0.05) is 24.6 Å². The number of hydrogen-bond acceptors (Lipinski definition) is 3. The maximum atomic E-state index is 14.3. The van der Waals surface area contributed by atoms with E-state index >= 15 is 0 Å². The van der Waals surface area contributed by atoms with Crippen LogP contribution in [0.2, 0.25) is 5.02 Å². The highest BCUT2D eigenvalue weighted by molar-refractivity contribution is 7.99. The first-order valence-electron chi connectivity index (χ1n) is 10.2. The van der Waals surface area contributed by atoms with Crippen LogP contribution in [0.4, 0.5) is 14.5 Å². The number of halogens is 3. The third kappa shape index (κ3) is 3.85. The number of rotatable bonds is 4. The fraction of sp³-hybridized carbons (Fsp3) is 0.435. The first kappa shape index (κ1) is 21.6. The van der Waals surface area contributed by atoms with Gasteiger partial charge in [-0.05, 0) is 68.1 Å². The van der Waals surface area contributed by atoms with Gasteiger partial charge in [0.1, 0.15) is 17.2 Å². The van der Waals surface area contributed by atoms with E-state index in [9.17, 15) is 13.6 Å². The van der Waals surface area contributed by atoms with Gasteiger partial charge in [-0.25, -0.2) is 8.78 Å². The molecule has 0 radical (unpaired) electrons. The molecule has 2 heterocycles. The lowest BCUT2D eigenvalue weighted by Crippen LogP contribution is -2.47. The molecule has 2 aromatic carbocycles. The third-order valence-electron chi connectivity index (χ3n) is 6.43. The van der Waals surface area contributed by atoms with Crippen LogP contribution in [0, 0.1) is 11.6 Å². The number of anilines is 1. The molecule has 3 nitrogen and oxygen atoms in total. The Morgan fingerprint density at radius 2 is 1.87 bits per heavy atom. The van der Waals surface area contributed by atoms with Crippen molar-refractivity contribution in [2.45, 2.75) is 30.4 Å². The summed E-state index contributed by atoms with van der Waals surface area (Å²) in [5, 5.41) is 1.17. The largest absolute Gasteiger partial charge is 0.307 e. The van der Waals surface area contributed by atoms with Crippen LogP contribution in [0.3, 0.4) is 0 Å². The zero-order valence-electron chi connectivity index (χ0n) is 17.1. The number of fused-ring (bicyclic) bond motifs is 2. The van der Waals surface area contributed by atoms with Gasteiger partial charge < -0.3 is 9.80 Å². The fourth-order valence-corrected chi connectivity index (χ4v) is 5.22. The van der Waals surface area contributed by atoms with Crippen LogP contribution in [0.25, 0.3) is 0 Å². The predicted molar refractivity (Wildman–Crippen MR) is 120 cm³/mol. The predicted octanol–water partition coefficient (Wildman–Crippen LogP) is 5.36. The normalized spacial score (nSPS) is 19.2. The average molecular weight is 451 g/mol. The molecule has 2 aromatic rings. The Morgan fingerprint density at radius 3 is 2.50 bits per heavy atom. The number of carbonyl (C=O) groups is 1. The number of piperidine rings is 1. The van der Waals surface area contributed by atoms with E-state index in [1.165, 1.54) is 11.0 Å². The summed E-state index contributed by atoms with van der Waals surface area (Å²) in [6.45, 7) is 5.52. The van der Waals surface area contributed by atoms with Crippen LogP contribution < -0.4 is 4.90 Å². The molecule has 7 heteroatoms. The quantitative estimate of drug-likeness (QED) is 0.626. The van der Waals surface area contributed by atoms with E-state index in [1.807, 2.05) is 17.8 Å². The summed E-state index contributed by atoms with van der Waals surface area (Å²) in [4.78, 5) is 17.2. The summed E-state index contributed by atoms with van der Waals surface area (Å²) >= 11 is 8.15. The molecule has 0 N–H and O–H groups in total. The lowest BCUT2D eigenvalue weighted by molar-refractivity contribution is 0.0968. The zero-order chi connectivity index (χ0) is 21.5. The lowest BCUT2D eigenvalue weighted by atomic mass is 9.74. The van der Waals surface area contributed by atoms with E-state index in [0.29, 0.717) is 22.5 Å². The average Bonchev–Trinajstić information content (AvgIpc) is 3.03. The van der Waals surface area contributed by atoms with Crippen molar-refractivity contribution in [1.29, 1.82) is 0 Å². The van der Waals surface area contributed by atoms with E-state index in [4.69, 9.17) is 11.6 Å². The van der Waals surface area contributed by atoms with E-state index in [1.54, 1.807) is 12.1 Å². The molecule has 2 aliphatic rings. The Bertz CT molecular complexity index is 942. The van der Waals surface area contributed by atoms with Crippen molar-refractivity contribution >= 4 is 35.0 Å². The fourth-order valence-electron chi connectivity index (χ4n) is 4.69. The van der Waals surface area contributed by atoms with Gasteiger partial charge in [0, 0.05) is 34.5 Å². The van der Waals surface area contributed by atoms with Crippen molar-refractivity contribution in [3.05, 3.63) is 64.2 Å². The number of amides is 1. The summed E-state index contributed by atoms with van der Waals surface area (Å²) in [5.41, 5.74) is 0.980. The van der Waals surface area contributed by atoms with Gasteiger partial charge in [0.05, 0.1) is 0 Å². The van der Waals surface area contributed by atoms with Crippen LogP contribution in [0.15, 0.2) is 36.4 Å². The zero-order valence-corrected chi connectivity index (χ0v) is 18.7. The molecule has 1 saturated heterocycles. The molecule has 0 saturated carbocycles. The van der Waals surface area contributed by atoms with E-state index in [2.05, 4.69) is 18.1 Å². The molecule has 1 atom stereocenters. The Labute approximate surface area is 185 Å². The number of carbonyl (C=O) groups excluding carboxylic acids is 1. The number of nitrogens with zero attached hydrogens (tertiary/aromatic N) is 2. The molecule has 160 valence electrons. The van der Waals surface area contributed by atoms with E-state index < -0.39 is 23.1 Å². The highest BCUT2D eigenvalue weighted by atomic mass is 35.5. The van der Waals surface area contributed by atoms with Crippen LogP contribution in [0.1, 0.15) is 35.7 Å². The Balaban J connectivity index is 1.65. The minimum atomic E-state index is -0.836. The van der Waals surface area contributed by atoms with Crippen LogP contribution in [0.5, 0.6) is 0 Å². The van der Waals surface area contributed by atoms with Gasteiger partial charge >= 0.3 is 0 Å². The summed E-state index contributed by atoms with van der Waals surface area (Å²) in [5.74, 6) is -2.31. The van der Waals surface area contributed by atoms with Crippen molar-refractivity contribution in [3.8, 4) is 0 Å². The maximum absolute atomic E-state index is 14.3. The minimum Gasteiger partial charge on any atom is -0.307 e. The number of hydrogen-bond donors (Lipinski definition) is 0. The first-order chi connectivity index (χ1) is 14.3. The van der Waals surface area contributed by atoms with Crippen molar-refractivity contribution < 1.29 is 13.6 Å². The van der Waals surface area contributed by atoms with Gasteiger partial charge in [-0.2, -0.15) is 11.8 Å². The molecule has 1 fully saturated rings. The summed E-state index contributed by atoms with van der Waals surface area (Å²) < 4.78 is 28.6. The molecule has 0 bridgehead atoms. The van der Waals surface area contributed by atoms with Crippen molar-refractivity contribution in [2.75, 3.05) is 37.3 Å². The highest BCUT2D eigenvalue weighted by Crippen LogP contribution is 2.48. The van der Waals surface area contributed by atoms with Gasteiger partial charge in [0.15, 0.2) is 0 Å². The monoisotopic (exact) mass is 450 g/mol. The third-order valence-corrected chi connectivity index (χ3v) is 7.62. The smallest absolute Gasteiger partial charge is 0.264 e. The standard InChI is InChI=1S/C23H25ClF2N2OS/c1-15(30-2)13-27-10-8-23(9-11-27)14-28(20-7-6-16(24)12-17(20)23)22(29)21-18(25)4-3-5-19(21)26/h3-7,12,15H,8-11,13-14H2,1-2H3. The van der Waals surface area contributed by atoms with Crippen molar-refractivity contribution in [2.24, 2.45) is 0 Å². The SMILES string of the molecule is CSC(C)CN1CCC2(CC1)CN(C(=O)c1c(F)cccc1F)c1ccc(Cl)cc12. The first-order valence-corrected chi connectivity index (χ1v) is 11.8. The summed E-state index contributed by atoms with van der Waals surface area (Å²) in [7, 11) is 0. The minimum absolute atomic E-state index is 0.239. The maximum Gasteiger partial charge on any atom is 0.264 e. The molecule has 1 spiro atoms. The molecule has 30 heavy (non-hydrogen) atoms. The van der Waals surface area contributed by atoms with Gasteiger partial charge in [0.2, 0.25) is 0 Å². The molecule has 0 aliphatic carbocycles. The Hall–Kier alpha value is -1.63. The second kappa shape index (κ2) is 8.48. The van der Waals surface area contributed by atoms with Gasteiger partial charge in [0.25, 0.3) is 5.91 Å². The van der Waals surface area contributed by atoms with Crippen LogP contribution in [-0.2, 0) is 5.41 Å². The molecule has 1 unspecified atom stereocenters. The van der Waals surface area contributed by atoms with Crippen molar-refractivity contribution in [1.82, 2.24) is 4.90 Å². The molecule has 4 rings (SSSR count). The summed E-state index contributed by atoms with van der Waals surface area (Å²) in [6.07, 6.45) is 3.88. The van der Waals surface area contributed by atoms with E-state index in [0.717, 1.165) is 50.2 Å². The highest BCUT2D eigenvalue weighted by Gasteiger charge is 2.47. The molecule has 2 aliphatic heterocycles. The molecular formula is C23H25ClF2N2OS. The topological polar surface area (TPSA) is 23.6 Å². The second-order valence-electron chi connectivity index (χ2n) is 8.28. The van der Waals surface area contributed by atoms with Crippen LogP contribution >= 0.6 is 23.4 Å². The molecule has 1 amide bonds. The number of thioether (sulfide) groups is 1. The van der Waals surface area contributed by atoms with Crippen LogP contribution in [-0.4, -0.2) is 48.5 Å². The Morgan fingerprint density at radius 1 is 1.20 bits per heavy atom. The molecule has 0 aromatic heterocycles. The summed E-state index contributed by atoms with van der Waals surface area (Å²) in [6, 6.07) is 8.96.